The average Bonchev–Trinajstić information content (AvgIpc) is 2.61. The number of nitrogens with one attached hydrogen (secondary N) is 1. The second kappa shape index (κ2) is 6.66. The SMILES string of the molecule is O=C(N/N=C/c1ccc2ccccc2n1)c1ccc([N+](=O)[O-])cc1. The second-order valence-electron chi connectivity index (χ2n) is 4.93. The van der Waals surface area contributed by atoms with Crippen molar-refractivity contribution >= 4 is 28.7 Å². The van der Waals surface area contributed by atoms with Gasteiger partial charge < -0.3 is 0 Å². The van der Waals surface area contributed by atoms with Gasteiger partial charge in [-0.15, -0.1) is 0 Å². The van der Waals surface area contributed by atoms with Gasteiger partial charge in [0.1, 0.15) is 0 Å². The number of pyridine rings is 1. The molecule has 0 unspecified atom stereocenters. The number of carbonyl (C=O) groups is 1. The van der Waals surface area contributed by atoms with Crippen LogP contribution in [0.15, 0.2) is 65.8 Å². The number of nitrogens with zero attached hydrogens (tertiary/aromatic N) is 3. The van der Waals surface area contributed by atoms with Crippen molar-refractivity contribution in [3.63, 3.8) is 0 Å². The van der Waals surface area contributed by atoms with Crippen LogP contribution in [0.4, 0.5) is 5.69 Å². The highest BCUT2D eigenvalue weighted by Gasteiger charge is 2.08. The van der Waals surface area contributed by atoms with E-state index < -0.39 is 10.8 Å². The van der Waals surface area contributed by atoms with Gasteiger partial charge in [0, 0.05) is 23.1 Å². The van der Waals surface area contributed by atoms with Crippen molar-refractivity contribution in [3.8, 4) is 0 Å². The van der Waals surface area contributed by atoms with E-state index >= 15 is 0 Å². The molecule has 0 spiro atoms. The summed E-state index contributed by atoms with van der Waals surface area (Å²) in [5.74, 6) is -0.457. The largest absolute Gasteiger partial charge is 0.271 e. The minimum atomic E-state index is -0.523. The van der Waals surface area contributed by atoms with Crippen molar-refractivity contribution in [2.45, 2.75) is 0 Å². The molecule has 1 amide bonds. The Balaban J connectivity index is 1.68. The fraction of sp³-hybridized carbons (Fsp3) is 0. The number of hydrogen-bond donors (Lipinski definition) is 1. The summed E-state index contributed by atoms with van der Waals surface area (Å²) < 4.78 is 0. The van der Waals surface area contributed by atoms with Gasteiger partial charge >= 0.3 is 0 Å². The summed E-state index contributed by atoms with van der Waals surface area (Å²) in [6.45, 7) is 0. The Morgan fingerprint density at radius 3 is 2.58 bits per heavy atom. The predicted molar refractivity (Wildman–Crippen MR) is 89.9 cm³/mol. The van der Waals surface area contributed by atoms with Gasteiger partial charge in [-0.1, -0.05) is 24.3 Å². The molecule has 0 saturated heterocycles. The van der Waals surface area contributed by atoms with Gasteiger partial charge in [0.15, 0.2) is 0 Å². The predicted octanol–water partition coefficient (Wildman–Crippen LogP) is 2.91. The van der Waals surface area contributed by atoms with Crippen LogP contribution in [0.2, 0.25) is 0 Å². The number of nitro groups is 1. The number of amides is 1. The molecule has 0 aliphatic rings. The smallest absolute Gasteiger partial charge is 0.267 e. The number of fused-ring (bicyclic) bond motifs is 1. The molecule has 3 aromatic rings. The third kappa shape index (κ3) is 3.41. The van der Waals surface area contributed by atoms with E-state index in [1.54, 1.807) is 6.07 Å². The number of para-hydroxylation sites is 1. The van der Waals surface area contributed by atoms with Gasteiger partial charge in [0.2, 0.25) is 0 Å². The molecule has 0 saturated carbocycles. The van der Waals surface area contributed by atoms with E-state index in [2.05, 4.69) is 15.5 Å². The Morgan fingerprint density at radius 1 is 1.08 bits per heavy atom. The number of rotatable bonds is 4. The lowest BCUT2D eigenvalue weighted by molar-refractivity contribution is -0.384. The monoisotopic (exact) mass is 320 g/mol. The number of aromatic nitrogens is 1. The van der Waals surface area contributed by atoms with Gasteiger partial charge in [-0.2, -0.15) is 5.10 Å². The summed E-state index contributed by atoms with van der Waals surface area (Å²) in [4.78, 5) is 26.4. The fourth-order valence-electron chi connectivity index (χ4n) is 2.11. The molecule has 0 radical (unpaired) electrons. The molecule has 7 heteroatoms. The fourth-order valence-corrected chi connectivity index (χ4v) is 2.11. The summed E-state index contributed by atoms with van der Waals surface area (Å²) in [7, 11) is 0. The van der Waals surface area contributed by atoms with Crippen LogP contribution >= 0.6 is 0 Å². The number of benzene rings is 2. The van der Waals surface area contributed by atoms with Crippen LogP contribution in [-0.2, 0) is 0 Å². The van der Waals surface area contributed by atoms with Gasteiger partial charge in [0.05, 0.1) is 22.3 Å². The van der Waals surface area contributed by atoms with Crippen molar-refractivity contribution in [1.82, 2.24) is 10.4 Å². The number of hydrazone groups is 1. The van der Waals surface area contributed by atoms with Crippen LogP contribution < -0.4 is 5.43 Å². The summed E-state index contributed by atoms with van der Waals surface area (Å²) >= 11 is 0. The van der Waals surface area contributed by atoms with Crippen LogP contribution in [0.1, 0.15) is 16.1 Å². The molecule has 24 heavy (non-hydrogen) atoms. The molecule has 7 nitrogen and oxygen atoms in total. The molecular formula is C17H12N4O3. The van der Waals surface area contributed by atoms with Crippen LogP contribution in [-0.4, -0.2) is 22.0 Å². The molecule has 0 atom stereocenters. The van der Waals surface area contributed by atoms with Gasteiger partial charge in [-0.05, 0) is 24.3 Å². The highest BCUT2D eigenvalue weighted by molar-refractivity contribution is 5.95. The number of non-ortho nitro benzene ring substituents is 1. The van der Waals surface area contributed by atoms with Gasteiger partial charge in [0.25, 0.3) is 11.6 Å². The Morgan fingerprint density at radius 2 is 1.83 bits per heavy atom. The third-order valence-corrected chi connectivity index (χ3v) is 3.32. The first-order chi connectivity index (χ1) is 11.6. The minimum Gasteiger partial charge on any atom is -0.267 e. The Kier molecular flexibility index (Phi) is 4.24. The molecule has 2 aromatic carbocycles. The van der Waals surface area contributed by atoms with Gasteiger partial charge in [-0.25, -0.2) is 10.4 Å². The highest BCUT2D eigenvalue weighted by atomic mass is 16.6. The summed E-state index contributed by atoms with van der Waals surface area (Å²) in [6.07, 6.45) is 1.44. The van der Waals surface area contributed by atoms with Crippen molar-refractivity contribution < 1.29 is 9.72 Å². The first kappa shape index (κ1) is 15.3. The molecule has 0 aliphatic heterocycles. The maximum atomic E-state index is 11.9. The van der Waals surface area contributed by atoms with Crippen LogP contribution in [0.5, 0.6) is 0 Å². The van der Waals surface area contributed by atoms with E-state index in [4.69, 9.17) is 0 Å². The zero-order chi connectivity index (χ0) is 16.9. The summed E-state index contributed by atoms with van der Waals surface area (Å²) in [5, 5.41) is 15.5. The first-order valence-corrected chi connectivity index (χ1v) is 7.07. The molecule has 1 N–H and O–H groups in total. The van der Waals surface area contributed by atoms with Gasteiger partial charge in [-0.3, -0.25) is 14.9 Å². The van der Waals surface area contributed by atoms with Crippen molar-refractivity contribution in [2.75, 3.05) is 0 Å². The van der Waals surface area contributed by atoms with Crippen molar-refractivity contribution in [3.05, 3.63) is 82.0 Å². The lowest BCUT2D eigenvalue weighted by Crippen LogP contribution is -2.17. The van der Waals surface area contributed by atoms with Crippen LogP contribution in [0.3, 0.4) is 0 Å². The lowest BCUT2D eigenvalue weighted by Gasteiger charge is -2.00. The third-order valence-electron chi connectivity index (χ3n) is 3.32. The average molecular weight is 320 g/mol. The zero-order valence-corrected chi connectivity index (χ0v) is 12.4. The van der Waals surface area contributed by atoms with Crippen LogP contribution in [0, 0.1) is 10.1 Å². The first-order valence-electron chi connectivity index (χ1n) is 7.07. The summed E-state index contributed by atoms with van der Waals surface area (Å²) in [6, 6.07) is 16.7. The maximum Gasteiger partial charge on any atom is 0.271 e. The molecule has 1 heterocycles. The lowest BCUT2D eigenvalue weighted by atomic mass is 10.2. The number of hydrogen-bond acceptors (Lipinski definition) is 5. The maximum absolute atomic E-state index is 11.9. The Labute approximate surface area is 136 Å². The quantitative estimate of drug-likeness (QED) is 0.454. The van der Waals surface area contributed by atoms with E-state index in [0.717, 1.165) is 10.9 Å². The Bertz CT molecular complexity index is 936. The Hall–Kier alpha value is -3.61. The topological polar surface area (TPSA) is 97.5 Å². The van der Waals surface area contributed by atoms with Crippen molar-refractivity contribution in [1.29, 1.82) is 0 Å². The number of carbonyl (C=O) groups excluding carboxylic acids is 1. The normalized spacial score (nSPS) is 10.8. The zero-order valence-electron chi connectivity index (χ0n) is 12.4. The highest BCUT2D eigenvalue weighted by Crippen LogP contribution is 2.12. The molecule has 3 rings (SSSR count). The van der Waals surface area contributed by atoms with Crippen molar-refractivity contribution in [2.24, 2.45) is 5.10 Å². The minimum absolute atomic E-state index is 0.0737. The van der Waals surface area contributed by atoms with E-state index in [-0.39, 0.29) is 11.3 Å². The molecule has 1 aromatic heterocycles. The second-order valence-corrected chi connectivity index (χ2v) is 4.93. The number of nitro benzene ring substituents is 1. The van der Waals surface area contributed by atoms with E-state index in [1.165, 1.54) is 30.5 Å². The van der Waals surface area contributed by atoms with Crippen LogP contribution in [0.25, 0.3) is 10.9 Å². The summed E-state index contributed by atoms with van der Waals surface area (Å²) in [5.41, 5.74) is 4.02. The molecule has 118 valence electrons. The van der Waals surface area contributed by atoms with E-state index in [1.807, 2.05) is 30.3 Å². The van der Waals surface area contributed by atoms with E-state index in [9.17, 15) is 14.9 Å². The molecule has 0 fully saturated rings. The molecule has 0 bridgehead atoms. The standard InChI is InChI=1S/C17H12N4O3/c22-17(13-6-9-15(10-7-13)21(23)24)20-18-11-14-8-5-12-3-1-2-4-16(12)19-14/h1-11H,(H,20,22)/b18-11+. The van der Waals surface area contributed by atoms with E-state index in [0.29, 0.717) is 5.69 Å². The molecular weight excluding hydrogens is 308 g/mol. The molecule has 0 aliphatic carbocycles.